The van der Waals surface area contributed by atoms with Crippen LogP contribution in [0.4, 0.5) is 13.2 Å². The first-order valence-electron chi connectivity index (χ1n) is 6.27. The molecule has 0 saturated heterocycles. The van der Waals surface area contributed by atoms with E-state index in [1.807, 2.05) is 0 Å². The van der Waals surface area contributed by atoms with E-state index in [4.69, 9.17) is 17.3 Å². The molecule has 1 saturated carbocycles. The topological polar surface area (TPSA) is 55.5 Å². The Labute approximate surface area is 131 Å². The predicted molar refractivity (Wildman–Crippen MR) is 75.7 cm³/mol. The Kier molecular flexibility index (Phi) is 6.16. The summed E-state index contributed by atoms with van der Waals surface area (Å²) in [5.74, 6) is -0.330. The van der Waals surface area contributed by atoms with E-state index in [1.54, 1.807) is 0 Å². The third kappa shape index (κ3) is 4.64. The number of hydrogen-bond acceptors (Lipinski definition) is 3. The van der Waals surface area contributed by atoms with Crippen LogP contribution in [-0.2, 0) is 0 Å². The normalized spacial score (nSPS) is 18.4. The Bertz CT molecular complexity index is 481. The number of aliphatic hydroxyl groups excluding tert-OH is 1. The van der Waals surface area contributed by atoms with E-state index in [0.717, 1.165) is 25.3 Å². The maximum absolute atomic E-state index is 12.1. The maximum atomic E-state index is 12.1. The first-order chi connectivity index (χ1) is 9.28. The van der Waals surface area contributed by atoms with Gasteiger partial charge in [-0.15, -0.1) is 25.6 Å². The molecule has 2 atom stereocenters. The molecule has 0 unspecified atom stereocenters. The van der Waals surface area contributed by atoms with Crippen LogP contribution in [-0.4, -0.2) is 17.6 Å². The number of aliphatic hydroxyl groups is 1. The van der Waals surface area contributed by atoms with Crippen LogP contribution >= 0.6 is 24.0 Å². The maximum Gasteiger partial charge on any atom is 0.573 e. The number of nitrogens with two attached hydrogens (primary N) is 1. The molecule has 1 fully saturated rings. The molecule has 3 nitrogen and oxygen atoms in total. The molecule has 0 bridgehead atoms. The summed E-state index contributed by atoms with van der Waals surface area (Å²) in [4.78, 5) is 0. The fraction of sp³-hybridized carbons (Fsp3) is 0.538. The fourth-order valence-electron chi connectivity index (χ4n) is 2.20. The first kappa shape index (κ1) is 18.4. The third-order valence-electron chi connectivity index (χ3n) is 3.57. The highest BCUT2D eigenvalue weighted by atomic mass is 35.5. The van der Waals surface area contributed by atoms with Gasteiger partial charge in [-0.3, -0.25) is 0 Å². The molecule has 0 spiro atoms. The molecule has 8 heteroatoms. The number of benzene rings is 1. The number of ether oxygens (including phenoxy) is 1. The van der Waals surface area contributed by atoms with Gasteiger partial charge in [0, 0.05) is 0 Å². The molecule has 0 radical (unpaired) electrons. The van der Waals surface area contributed by atoms with Crippen LogP contribution in [0.5, 0.6) is 5.75 Å². The molecule has 0 aromatic heterocycles. The third-order valence-corrected chi connectivity index (χ3v) is 3.86. The summed E-state index contributed by atoms with van der Waals surface area (Å²) in [6.45, 7) is 0. The molecule has 3 N–H and O–H groups in total. The quantitative estimate of drug-likeness (QED) is 0.872. The number of alkyl halides is 3. The lowest BCUT2D eigenvalue weighted by atomic mass is 9.77. The van der Waals surface area contributed by atoms with E-state index in [-0.39, 0.29) is 23.3 Å². The van der Waals surface area contributed by atoms with E-state index in [9.17, 15) is 18.3 Å². The molecule has 1 aromatic rings. The van der Waals surface area contributed by atoms with Crippen molar-refractivity contribution in [2.75, 3.05) is 0 Å². The molecule has 1 aromatic carbocycles. The van der Waals surface area contributed by atoms with Gasteiger partial charge in [0.05, 0.1) is 17.2 Å². The molecule has 0 aliphatic heterocycles. The summed E-state index contributed by atoms with van der Waals surface area (Å²) in [7, 11) is 0. The van der Waals surface area contributed by atoms with Crippen molar-refractivity contribution in [2.24, 2.45) is 11.7 Å². The second-order valence-electron chi connectivity index (χ2n) is 4.95. The summed E-state index contributed by atoms with van der Waals surface area (Å²) < 4.78 is 40.1. The Balaban J connectivity index is 0.00000220. The lowest BCUT2D eigenvalue weighted by molar-refractivity contribution is -0.274. The molecular formula is C13H16Cl2F3NO2. The van der Waals surface area contributed by atoms with Crippen LogP contribution in [0.2, 0.25) is 5.02 Å². The lowest BCUT2D eigenvalue weighted by Gasteiger charge is -2.33. The summed E-state index contributed by atoms with van der Waals surface area (Å²) >= 11 is 5.75. The summed E-state index contributed by atoms with van der Waals surface area (Å²) in [5, 5.41) is 9.87. The average molecular weight is 346 g/mol. The SMILES string of the molecule is Cl.N[C@H](c1ccc(OC(F)(F)F)c(Cl)c1)[C@@H](O)C1CCC1. The Morgan fingerprint density at radius 1 is 1.33 bits per heavy atom. The smallest absolute Gasteiger partial charge is 0.404 e. The molecule has 0 amide bonds. The highest BCUT2D eigenvalue weighted by Gasteiger charge is 2.33. The van der Waals surface area contributed by atoms with Crippen molar-refractivity contribution < 1.29 is 23.0 Å². The van der Waals surface area contributed by atoms with Crippen molar-refractivity contribution in [1.82, 2.24) is 0 Å². The first-order valence-corrected chi connectivity index (χ1v) is 6.64. The van der Waals surface area contributed by atoms with E-state index >= 15 is 0 Å². The van der Waals surface area contributed by atoms with E-state index < -0.39 is 24.3 Å². The Morgan fingerprint density at radius 3 is 2.38 bits per heavy atom. The van der Waals surface area contributed by atoms with Crippen LogP contribution in [0, 0.1) is 5.92 Å². The zero-order valence-corrected chi connectivity index (χ0v) is 12.5. The minimum Gasteiger partial charge on any atom is -0.404 e. The van der Waals surface area contributed by atoms with Crippen LogP contribution in [0.1, 0.15) is 30.9 Å². The molecule has 1 aliphatic carbocycles. The van der Waals surface area contributed by atoms with Crippen molar-refractivity contribution in [3.63, 3.8) is 0 Å². The van der Waals surface area contributed by atoms with Crippen LogP contribution in [0.25, 0.3) is 0 Å². The molecule has 0 heterocycles. The van der Waals surface area contributed by atoms with Gasteiger partial charge in [-0.2, -0.15) is 0 Å². The van der Waals surface area contributed by atoms with Crippen molar-refractivity contribution in [3.05, 3.63) is 28.8 Å². The lowest BCUT2D eigenvalue weighted by Crippen LogP contribution is -2.36. The average Bonchev–Trinajstić information content (AvgIpc) is 2.27. The predicted octanol–water partition coefficient (Wildman–Crippen LogP) is 3.82. The van der Waals surface area contributed by atoms with E-state index in [0.29, 0.717) is 5.56 Å². The van der Waals surface area contributed by atoms with Crippen LogP contribution in [0.15, 0.2) is 18.2 Å². The van der Waals surface area contributed by atoms with Gasteiger partial charge >= 0.3 is 6.36 Å². The summed E-state index contributed by atoms with van der Waals surface area (Å²) in [5.41, 5.74) is 6.41. The fourth-order valence-corrected chi connectivity index (χ4v) is 2.43. The van der Waals surface area contributed by atoms with Gasteiger partial charge in [-0.05, 0) is 36.5 Å². The standard InChI is InChI=1S/C13H15ClF3NO2.ClH/c14-9-6-8(4-5-10(9)20-13(15,16)17)11(18)12(19)7-2-1-3-7;/h4-7,11-12,19H,1-3,18H2;1H/t11-,12+;/m1./s1. The minimum absolute atomic E-state index is 0. The van der Waals surface area contributed by atoms with Crippen molar-refractivity contribution >= 4 is 24.0 Å². The molecule has 21 heavy (non-hydrogen) atoms. The minimum atomic E-state index is -4.79. The van der Waals surface area contributed by atoms with E-state index in [1.165, 1.54) is 12.1 Å². The zero-order chi connectivity index (χ0) is 14.9. The monoisotopic (exact) mass is 345 g/mol. The van der Waals surface area contributed by atoms with Crippen molar-refractivity contribution in [3.8, 4) is 5.75 Å². The van der Waals surface area contributed by atoms with Crippen LogP contribution < -0.4 is 10.5 Å². The molecule has 120 valence electrons. The van der Waals surface area contributed by atoms with Crippen molar-refractivity contribution in [2.45, 2.75) is 37.8 Å². The van der Waals surface area contributed by atoms with Crippen molar-refractivity contribution in [1.29, 1.82) is 0 Å². The van der Waals surface area contributed by atoms with Gasteiger partial charge in [0.15, 0.2) is 0 Å². The molecular weight excluding hydrogens is 330 g/mol. The van der Waals surface area contributed by atoms with Gasteiger partial charge in [0.1, 0.15) is 5.75 Å². The van der Waals surface area contributed by atoms with Gasteiger partial charge in [0.25, 0.3) is 0 Å². The van der Waals surface area contributed by atoms with Gasteiger partial charge < -0.3 is 15.6 Å². The second-order valence-corrected chi connectivity index (χ2v) is 5.35. The van der Waals surface area contributed by atoms with E-state index in [2.05, 4.69) is 4.74 Å². The Hall–Kier alpha value is -0.690. The van der Waals surface area contributed by atoms with Gasteiger partial charge in [-0.25, -0.2) is 0 Å². The second kappa shape index (κ2) is 7.05. The Morgan fingerprint density at radius 2 is 1.95 bits per heavy atom. The molecule has 2 rings (SSSR count). The zero-order valence-electron chi connectivity index (χ0n) is 10.9. The highest BCUT2D eigenvalue weighted by Crippen LogP contribution is 2.36. The van der Waals surface area contributed by atoms with Crippen LogP contribution in [0.3, 0.4) is 0 Å². The summed E-state index contributed by atoms with van der Waals surface area (Å²) in [6.07, 6.45) is -2.61. The highest BCUT2D eigenvalue weighted by molar-refractivity contribution is 6.32. The van der Waals surface area contributed by atoms with Gasteiger partial charge in [0.2, 0.25) is 0 Å². The number of halogens is 5. The largest absolute Gasteiger partial charge is 0.573 e. The summed E-state index contributed by atoms with van der Waals surface area (Å²) in [6, 6.07) is 3.13. The van der Waals surface area contributed by atoms with Gasteiger partial charge in [-0.1, -0.05) is 24.1 Å². The number of rotatable bonds is 4. The molecule has 1 aliphatic rings. The number of hydrogen-bond donors (Lipinski definition) is 2.